The first-order chi connectivity index (χ1) is 32.5. The van der Waals surface area contributed by atoms with Gasteiger partial charge >= 0.3 is 7.75 Å². The SMILES string of the molecule is C=C1C[C@H]2C=Nc3cc(OCCCC(=O)Nc4cn(C)c(C(=O)Cc5cc(C(=O)Nc6cc(C(=O)n7ncc8cc(NP(=O)(O)OCCOC)ccc87)n(C)c6)n(C)c5)n4)c(C)cc3C(=O)N2C1. The molecule has 6 heterocycles. The highest BCUT2D eigenvalue weighted by atomic mass is 31.2. The van der Waals surface area contributed by atoms with Gasteiger partial charge in [-0.3, -0.25) is 38.6 Å². The minimum atomic E-state index is -4.17. The Hall–Kier alpha value is -7.45. The van der Waals surface area contributed by atoms with Gasteiger partial charge in [-0.05, 0) is 67.3 Å². The zero-order valence-electron chi connectivity index (χ0n) is 38.0. The molecule has 1 saturated heterocycles. The number of ether oxygens (including phenoxy) is 2. The van der Waals surface area contributed by atoms with Gasteiger partial charge in [-0.25, -0.2) is 9.55 Å². The summed E-state index contributed by atoms with van der Waals surface area (Å²) in [6, 6.07) is 11.2. The molecule has 2 aromatic carbocycles. The fraction of sp³-hybridized carbons (Fsp3) is 0.304. The lowest BCUT2D eigenvalue weighted by Gasteiger charge is -2.20. The van der Waals surface area contributed by atoms with E-state index < -0.39 is 19.6 Å². The molecule has 4 aromatic heterocycles. The number of aryl methyl sites for hydroxylation is 4. The summed E-state index contributed by atoms with van der Waals surface area (Å²) in [5.74, 6) is -0.784. The van der Waals surface area contributed by atoms with Crippen LogP contribution in [0.1, 0.15) is 72.3 Å². The molecule has 1 fully saturated rings. The van der Waals surface area contributed by atoms with E-state index in [0.717, 1.165) is 11.1 Å². The number of rotatable bonds is 18. The first kappa shape index (κ1) is 47.1. The van der Waals surface area contributed by atoms with E-state index in [1.54, 1.807) is 90.3 Å². The molecule has 2 aliphatic rings. The zero-order chi connectivity index (χ0) is 48.4. The van der Waals surface area contributed by atoms with E-state index in [2.05, 4.69) is 37.4 Å². The average molecular weight is 948 g/mol. The maximum absolute atomic E-state index is 13.7. The molecule has 0 radical (unpaired) electrons. The van der Waals surface area contributed by atoms with E-state index in [4.69, 9.17) is 14.0 Å². The van der Waals surface area contributed by atoms with Crippen LogP contribution in [0.5, 0.6) is 5.75 Å². The summed E-state index contributed by atoms with van der Waals surface area (Å²) in [5, 5.41) is 12.8. The molecule has 2 atom stereocenters. The number of aromatic nitrogens is 6. The summed E-state index contributed by atoms with van der Waals surface area (Å²) in [5.41, 5.74) is 4.93. The number of carbonyl (C=O) groups excluding carboxylic acids is 5. The largest absolute Gasteiger partial charge is 0.493 e. The highest BCUT2D eigenvalue weighted by Gasteiger charge is 2.34. The number of Topliss-reactive ketones (excluding diaryl/α,β-unsaturated/α-hetero) is 1. The zero-order valence-corrected chi connectivity index (χ0v) is 38.9. The van der Waals surface area contributed by atoms with Crippen molar-refractivity contribution in [3.05, 3.63) is 113 Å². The van der Waals surface area contributed by atoms with E-state index in [1.165, 1.54) is 34.7 Å². The summed E-state index contributed by atoms with van der Waals surface area (Å²) < 4.78 is 34.1. The van der Waals surface area contributed by atoms with Gasteiger partial charge in [-0.1, -0.05) is 12.2 Å². The molecular weight excluding hydrogens is 898 g/mol. The van der Waals surface area contributed by atoms with Crippen LogP contribution in [0.25, 0.3) is 10.9 Å². The molecule has 3 amide bonds. The number of imidazole rings is 1. The number of carbonyl (C=O) groups is 5. The second-order valence-corrected chi connectivity index (χ2v) is 18.2. The van der Waals surface area contributed by atoms with Crippen LogP contribution in [0.3, 0.4) is 0 Å². The van der Waals surface area contributed by atoms with Crippen LogP contribution in [0.2, 0.25) is 0 Å². The van der Waals surface area contributed by atoms with Crippen LogP contribution >= 0.6 is 7.75 Å². The number of hydrogen-bond acceptors (Lipinski definition) is 12. The minimum Gasteiger partial charge on any atom is -0.493 e. The smallest absolute Gasteiger partial charge is 0.430 e. The second kappa shape index (κ2) is 19.4. The summed E-state index contributed by atoms with van der Waals surface area (Å²) in [6.45, 7) is 6.69. The number of nitrogens with one attached hydrogen (secondary N) is 3. The van der Waals surface area contributed by atoms with Crippen molar-refractivity contribution >= 4 is 77.2 Å². The average Bonchev–Trinajstić information content (AvgIpc) is 4.11. The number of benzene rings is 2. The van der Waals surface area contributed by atoms with Crippen LogP contribution in [-0.4, -0.2) is 113 Å². The molecule has 0 bridgehead atoms. The van der Waals surface area contributed by atoms with Gasteiger partial charge < -0.3 is 43.6 Å². The summed E-state index contributed by atoms with van der Waals surface area (Å²) in [7, 11) is 2.25. The van der Waals surface area contributed by atoms with Crippen molar-refractivity contribution in [2.24, 2.45) is 26.1 Å². The topological polar surface area (TPSA) is 248 Å². The molecule has 2 aliphatic heterocycles. The number of aliphatic imine (C=N–C) groups is 1. The van der Waals surface area contributed by atoms with Crippen LogP contribution in [0.4, 0.5) is 22.9 Å². The van der Waals surface area contributed by atoms with Gasteiger partial charge in [-0.2, -0.15) is 9.78 Å². The highest BCUT2D eigenvalue weighted by Crippen LogP contribution is 2.42. The Morgan fingerprint density at radius 3 is 2.53 bits per heavy atom. The predicted octanol–water partition coefficient (Wildman–Crippen LogP) is 5.58. The number of hydrogen-bond donors (Lipinski definition) is 4. The molecule has 354 valence electrons. The molecular formula is C46H50N11O10P. The Bertz CT molecular complexity index is 3090. The Balaban J connectivity index is 0.824. The highest BCUT2D eigenvalue weighted by molar-refractivity contribution is 7.54. The van der Waals surface area contributed by atoms with E-state index in [9.17, 15) is 33.4 Å². The van der Waals surface area contributed by atoms with Crippen molar-refractivity contribution in [2.45, 2.75) is 38.6 Å². The van der Waals surface area contributed by atoms with Crippen molar-refractivity contribution in [3.8, 4) is 5.75 Å². The summed E-state index contributed by atoms with van der Waals surface area (Å²) in [6.07, 6.45) is 9.17. The Labute approximate surface area is 390 Å². The summed E-state index contributed by atoms with van der Waals surface area (Å²) >= 11 is 0. The van der Waals surface area contributed by atoms with Gasteiger partial charge in [0.25, 0.3) is 17.7 Å². The lowest BCUT2D eigenvalue weighted by atomic mass is 10.1. The molecule has 0 spiro atoms. The molecule has 1 unspecified atom stereocenters. The number of amides is 3. The van der Waals surface area contributed by atoms with Gasteiger partial charge in [-0.15, -0.1) is 0 Å². The number of anilines is 3. The van der Waals surface area contributed by atoms with Crippen molar-refractivity contribution in [1.29, 1.82) is 0 Å². The normalized spacial score (nSPS) is 15.2. The summed E-state index contributed by atoms with van der Waals surface area (Å²) in [4.78, 5) is 87.5. The van der Waals surface area contributed by atoms with Crippen molar-refractivity contribution < 1.29 is 47.4 Å². The first-order valence-corrected chi connectivity index (χ1v) is 23.1. The molecule has 21 nitrogen and oxygen atoms in total. The van der Waals surface area contributed by atoms with E-state index in [1.807, 2.05) is 6.92 Å². The van der Waals surface area contributed by atoms with E-state index >= 15 is 0 Å². The van der Waals surface area contributed by atoms with E-state index in [-0.39, 0.29) is 85.0 Å². The van der Waals surface area contributed by atoms with Crippen LogP contribution in [0.15, 0.2) is 84.4 Å². The Morgan fingerprint density at radius 2 is 1.74 bits per heavy atom. The second-order valence-electron chi connectivity index (χ2n) is 16.6. The monoisotopic (exact) mass is 947 g/mol. The van der Waals surface area contributed by atoms with Crippen LogP contribution < -0.4 is 20.5 Å². The van der Waals surface area contributed by atoms with Crippen molar-refractivity contribution in [3.63, 3.8) is 0 Å². The molecule has 6 aromatic rings. The number of methoxy groups -OCH3 is 1. The molecule has 0 saturated carbocycles. The fourth-order valence-electron chi connectivity index (χ4n) is 8.10. The van der Waals surface area contributed by atoms with Crippen LogP contribution in [0, 0.1) is 6.92 Å². The third-order valence-electron chi connectivity index (χ3n) is 11.4. The molecule has 8 rings (SSSR count). The molecule has 22 heteroatoms. The van der Waals surface area contributed by atoms with Crippen LogP contribution in [-0.2, 0) is 46.2 Å². The molecule has 0 aliphatic carbocycles. The van der Waals surface area contributed by atoms with Gasteiger partial charge in [0.2, 0.25) is 11.7 Å². The quantitative estimate of drug-likeness (QED) is 0.0356. The lowest BCUT2D eigenvalue weighted by molar-refractivity contribution is -0.116. The van der Waals surface area contributed by atoms with Gasteiger partial charge in [0.05, 0.1) is 54.5 Å². The van der Waals surface area contributed by atoms with Gasteiger partial charge in [0, 0.05) is 89.6 Å². The third-order valence-corrected chi connectivity index (χ3v) is 12.5. The third kappa shape index (κ3) is 10.2. The van der Waals surface area contributed by atoms with E-state index in [0.29, 0.717) is 58.5 Å². The standard InChI is InChI=1S/C46H50N11O10P/c1-27-14-33-22-47-35-20-40(28(2)15-34(35)45(61)56(33)23-27)66-11-7-8-42(59)50-41-26-55(5)43(51-41)39(58)17-29-16-37(53(3)24-29)44(60)49-32-19-38(54(4)25-32)46(62)57-36-10-9-31(18-30(36)21-48-57)52-68(63,64)67-13-12-65-6/h9-10,15-16,18-22,24-26,33H,1,7-8,11-14,17,23H2,2-6H3,(H,49,60)(H,50,59)(H2,52,63,64)/t33-/m0/s1. The molecule has 68 heavy (non-hydrogen) atoms. The number of ketones is 1. The van der Waals surface area contributed by atoms with Gasteiger partial charge in [0.15, 0.2) is 11.6 Å². The number of fused-ring (bicyclic) bond motifs is 3. The maximum Gasteiger partial charge on any atom is 0.430 e. The lowest BCUT2D eigenvalue weighted by Crippen LogP contribution is -2.35. The Morgan fingerprint density at radius 1 is 0.941 bits per heavy atom. The maximum atomic E-state index is 13.7. The molecule has 4 N–H and O–H groups in total. The van der Waals surface area contributed by atoms with Crippen molar-refractivity contribution in [1.82, 2.24) is 33.4 Å². The number of nitrogens with zero attached hydrogens (tertiary/aromatic N) is 8. The first-order valence-electron chi connectivity index (χ1n) is 21.5. The van der Waals surface area contributed by atoms with Crippen molar-refractivity contribution in [2.75, 3.05) is 49.2 Å². The van der Waals surface area contributed by atoms with Gasteiger partial charge in [0.1, 0.15) is 17.1 Å². The predicted molar refractivity (Wildman–Crippen MR) is 252 cm³/mol. The fourth-order valence-corrected chi connectivity index (χ4v) is 8.95. The Kier molecular flexibility index (Phi) is 13.4. The minimum absolute atomic E-state index is 0.0757.